The number of nitrogens with one attached hydrogen (secondary N) is 1. The quantitative estimate of drug-likeness (QED) is 0.483. The maximum atomic E-state index is 13.4. The molecule has 1 saturated carbocycles. The van der Waals surface area contributed by atoms with Crippen LogP contribution in [0.25, 0.3) is 0 Å². The molecule has 3 aliphatic rings. The second-order valence-corrected chi connectivity index (χ2v) is 13.8. The molecular formula is C26H39N3O5S2. The molecule has 2 atom stereocenters. The fraction of sp³-hybridized carbons (Fsp3) is 0.692. The van der Waals surface area contributed by atoms with Crippen molar-refractivity contribution in [3.8, 4) is 5.75 Å². The lowest BCUT2D eigenvalue weighted by Gasteiger charge is -2.34. The molecule has 2 heterocycles. The third-order valence-electron chi connectivity index (χ3n) is 7.20. The summed E-state index contributed by atoms with van der Waals surface area (Å²) in [5, 5.41) is 3.66. The number of anilines is 1. The van der Waals surface area contributed by atoms with Gasteiger partial charge >= 0.3 is 0 Å². The number of hydrogen-bond acceptors (Lipinski definition) is 6. The molecule has 1 saturated heterocycles. The summed E-state index contributed by atoms with van der Waals surface area (Å²) in [6.45, 7) is 5.30. The number of nitrogens with zero attached hydrogens (tertiary/aromatic N) is 2. The Balaban J connectivity index is 1.37. The highest BCUT2D eigenvalue weighted by molar-refractivity contribution is 7.99. The van der Waals surface area contributed by atoms with Crippen LogP contribution in [0.15, 0.2) is 23.1 Å². The van der Waals surface area contributed by atoms with Crippen LogP contribution in [0.1, 0.15) is 58.8 Å². The van der Waals surface area contributed by atoms with E-state index >= 15 is 0 Å². The number of hydrogen-bond donors (Lipinski definition) is 1. The Hall–Kier alpha value is -1.78. The standard InChI is InChI=1S/C26H39N3O5S2/c1-19-13-20(2)16-28(15-19)36(32,33)22-9-10-24-23(14-22)29(26(31)18-34-24)17-25(30)27-11-6-12-35-21-7-4-3-5-8-21/h9-10,14,19-21H,3-8,11-13,15-18H2,1-2H3,(H,27,30)/t19-,20-/m1/s1. The van der Waals surface area contributed by atoms with Gasteiger partial charge in [-0.3, -0.25) is 14.5 Å². The summed E-state index contributed by atoms with van der Waals surface area (Å²) >= 11 is 2.00. The van der Waals surface area contributed by atoms with Crippen molar-refractivity contribution in [1.82, 2.24) is 9.62 Å². The Labute approximate surface area is 219 Å². The molecule has 0 radical (unpaired) electrons. The molecule has 0 unspecified atom stereocenters. The van der Waals surface area contributed by atoms with Crippen molar-refractivity contribution in [1.29, 1.82) is 0 Å². The van der Waals surface area contributed by atoms with Crippen molar-refractivity contribution in [2.24, 2.45) is 11.8 Å². The Morgan fingerprint density at radius 3 is 2.58 bits per heavy atom. The number of carbonyl (C=O) groups excluding carboxylic acids is 2. The van der Waals surface area contributed by atoms with Crippen molar-refractivity contribution in [3.05, 3.63) is 18.2 Å². The molecule has 1 aromatic rings. The normalized spacial score (nSPS) is 23.7. The smallest absolute Gasteiger partial charge is 0.265 e. The molecule has 2 aliphatic heterocycles. The van der Waals surface area contributed by atoms with Gasteiger partial charge in [-0.1, -0.05) is 33.1 Å². The predicted octanol–water partition coefficient (Wildman–Crippen LogP) is 3.65. The third kappa shape index (κ3) is 6.75. The summed E-state index contributed by atoms with van der Waals surface area (Å²) in [5.41, 5.74) is 0.327. The summed E-state index contributed by atoms with van der Waals surface area (Å²) < 4.78 is 33.8. The summed E-state index contributed by atoms with van der Waals surface area (Å²) in [6, 6.07) is 4.58. The minimum atomic E-state index is -3.72. The molecule has 1 aromatic carbocycles. The van der Waals surface area contributed by atoms with Gasteiger partial charge in [-0.15, -0.1) is 0 Å². The van der Waals surface area contributed by atoms with Crippen LogP contribution in [0.2, 0.25) is 0 Å². The molecule has 1 aliphatic carbocycles. The summed E-state index contributed by atoms with van der Waals surface area (Å²) in [5.74, 6) is 1.37. The van der Waals surface area contributed by atoms with Gasteiger partial charge in [0.25, 0.3) is 5.91 Å². The summed E-state index contributed by atoms with van der Waals surface area (Å²) in [4.78, 5) is 26.8. The number of sulfonamides is 1. The number of fused-ring (bicyclic) bond motifs is 1. The van der Waals surface area contributed by atoms with Crippen LogP contribution >= 0.6 is 11.8 Å². The Morgan fingerprint density at radius 2 is 1.86 bits per heavy atom. The van der Waals surface area contributed by atoms with Gasteiger partial charge in [0, 0.05) is 24.9 Å². The molecule has 200 valence electrons. The first kappa shape index (κ1) is 27.3. The third-order valence-corrected chi connectivity index (χ3v) is 10.5. The zero-order chi connectivity index (χ0) is 25.7. The van der Waals surface area contributed by atoms with Gasteiger partial charge in [-0.2, -0.15) is 16.1 Å². The van der Waals surface area contributed by atoms with Gasteiger partial charge in [0.05, 0.1) is 10.6 Å². The van der Waals surface area contributed by atoms with E-state index < -0.39 is 10.0 Å². The number of carbonyl (C=O) groups is 2. The molecule has 2 fully saturated rings. The molecule has 0 bridgehead atoms. The van der Waals surface area contributed by atoms with Crippen LogP contribution in [0.3, 0.4) is 0 Å². The lowest BCUT2D eigenvalue weighted by atomic mass is 9.94. The number of ether oxygens (including phenoxy) is 1. The summed E-state index contributed by atoms with van der Waals surface area (Å²) in [7, 11) is -3.72. The molecule has 1 N–H and O–H groups in total. The van der Waals surface area contributed by atoms with Crippen molar-refractivity contribution < 1.29 is 22.7 Å². The van der Waals surface area contributed by atoms with Crippen molar-refractivity contribution >= 4 is 39.3 Å². The molecule has 0 spiro atoms. The summed E-state index contributed by atoms with van der Waals surface area (Å²) in [6.07, 6.45) is 8.47. The van der Waals surface area contributed by atoms with Crippen LogP contribution in [0.5, 0.6) is 5.75 Å². The van der Waals surface area contributed by atoms with E-state index in [9.17, 15) is 18.0 Å². The van der Waals surface area contributed by atoms with E-state index in [1.807, 2.05) is 11.8 Å². The highest BCUT2D eigenvalue weighted by atomic mass is 32.2. The zero-order valence-electron chi connectivity index (χ0n) is 21.4. The minimum absolute atomic E-state index is 0.117. The van der Waals surface area contributed by atoms with E-state index in [4.69, 9.17) is 4.74 Å². The van der Waals surface area contributed by atoms with E-state index in [-0.39, 0.29) is 41.7 Å². The molecule has 4 rings (SSSR count). The first-order valence-corrected chi connectivity index (χ1v) is 15.7. The highest BCUT2D eigenvalue weighted by Gasteiger charge is 2.34. The number of thioether (sulfide) groups is 1. The Kier molecular flexibility index (Phi) is 9.22. The van der Waals surface area contributed by atoms with Gasteiger partial charge in [-0.05, 0) is 61.5 Å². The topological polar surface area (TPSA) is 96.0 Å². The van der Waals surface area contributed by atoms with Crippen LogP contribution < -0.4 is 15.0 Å². The van der Waals surface area contributed by atoms with Crippen molar-refractivity contribution in [3.63, 3.8) is 0 Å². The number of rotatable bonds is 9. The lowest BCUT2D eigenvalue weighted by molar-refractivity contribution is -0.125. The molecule has 0 aromatic heterocycles. The number of amides is 2. The van der Waals surface area contributed by atoms with Gasteiger partial charge in [-0.25, -0.2) is 8.42 Å². The second-order valence-electron chi connectivity index (χ2n) is 10.5. The minimum Gasteiger partial charge on any atom is -0.482 e. The van der Waals surface area contributed by atoms with E-state index in [2.05, 4.69) is 19.2 Å². The second kappa shape index (κ2) is 12.2. The predicted molar refractivity (Wildman–Crippen MR) is 143 cm³/mol. The Bertz CT molecular complexity index is 1030. The van der Waals surface area contributed by atoms with E-state index in [0.29, 0.717) is 31.1 Å². The Morgan fingerprint density at radius 1 is 1.14 bits per heavy atom. The van der Waals surface area contributed by atoms with Crippen molar-refractivity contribution in [2.75, 3.05) is 43.4 Å². The van der Waals surface area contributed by atoms with E-state index in [1.54, 1.807) is 6.07 Å². The van der Waals surface area contributed by atoms with Gasteiger partial charge in [0.15, 0.2) is 6.61 Å². The SMILES string of the molecule is C[C@@H]1C[C@@H](C)CN(S(=O)(=O)c2ccc3c(c2)N(CC(=O)NCCCSC2CCCCC2)C(=O)CO3)C1. The maximum absolute atomic E-state index is 13.4. The van der Waals surface area contributed by atoms with Gasteiger partial charge < -0.3 is 10.1 Å². The first-order chi connectivity index (χ1) is 17.2. The molecule has 10 heteroatoms. The molecule has 2 amide bonds. The maximum Gasteiger partial charge on any atom is 0.265 e. The van der Waals surface area contributed by atoms with Crippen LogP contribution in [0.4, 0.5) is 5.69 Å². The fourth-order valence-corrected chi connectivity index (χ4v) is 8.46. The lowest BCUT2D eigenvalue weighted by Crippen LogP contribution is -2.45. The van der Waals surface area contributed by atoms with E-state index in [0.717, 1.165) is 23.8 Å². The van der Waals surface area contributed by atoms with Crippen LogP contribution in [-0.4, -0.2) is 68.3 Å². The first-order valence-electron chi connectivity index (χ1n) is 13.2. The van der Waals surface area contributed by atoms with Crippen molar-refractivity contribution in [2.45, 2.75) is 68.9 Å². The highest BCUT2D eigenvalue weighted by Crippen LogP contribution is 2.36. The number of piperidine rings is 1. The van der Waals surface area contributed by atoms with Crippen LogP contribution in [-0.2, 0) is 19.6 Å². The van der Waals surface area contributed by atoms with Crippen LogP contribution in [0, 0.1) is 11.8 Å². The van der Waals surface area contributed by atoms with E-state index in [1.165, 1.54) is 53.4 Å². The molecule has 36 heavy (non-hydrogen) atoms. The molecule has 8 nitrogen and oxygen atoms in total. The largest absolute Gasteiger partial charge is 0.482 e. The zero-order valence-corrected chi connectivity index (χ0v) is 23.0. The number of benzene rings is 1. The van der Waals surface area contributed by atoms with Gasteiger partial charge in [0.1, 0.15) is 12.3 Å². The monoisotopic (exact) mass is 537 g/mol. The fourth-order valence-electron chi connectivity index (χ4n) is 5.45. The average molecular weight is 538 g/mol. The van der Waals surface area contributed by atoms with Gasteiger partial charge in [0.2, 0.25) is 15.9 Å². The average Bonchev–Trinajstić information content (AvgIpc) is 2.85. The molecular weight excluding hydrogens is 498 g/mol.